The number of hydrogen-bond donors (Lipinski definition) is 2. The van der Waals surface area contributed by atoms with Gasteiger partial charge >= 0.3 is 5.97 Å². The minimum Gasteiger partial charge on any atom is -0.480 e. The number of rotatable bonds is 7. The van der Waals surface area contributed by atoms with Gasteiger partial charge in [-0.2, -0.15) is 0 Å². The van der Waals surface area contributed by atoms with E-state index in [4.69, 9.17) is 27.9 Å². The zero-order chi connectivity index (χ0) is 17.7. The summed E-state index contributed by atoms with van der Waals surface area (Å²) in [6.07, 6.45) is 0.0757. The van der Waals surface area contributed by atoms with Crippen molar-refractivity contribution in [3.05, 3.63) is 55.7 Å². The highest BCUT2D eigenvalue weighted by atomic mass is 35.5. The van der Waals surface area contributed by atoms with Gasteiger partial charge in [-0.3, -0.25) is 4.79 Å². The molecular formula is C16H15Cl2NO4S. The first kappa shape index (κ1) is 18.7. The third kappa shape index (κ3) is 4.95. The lowest BCUT2D eigenvalue weighted by atomic mass is 10.1. The maximum Gasteiger partial charge on any atom is 0.326 e. The van der Waals surface area contributed by atoms with Crippen molar-refractivity contribution < 1.29 is 19.4 Å². The molecule has 0 fully saturated rings. The summed E-state index contributed by atoms with van der Waals surface area (Å²) < 4.78 is 5.03. The van der Waals surface area contributed by atoms with E-state index in [1.54, 1.807) is 29.6 Å². The standard InChI is InChI=1S/C16H15Cl2NO4S/c1-23-8-10-2-3-24-14(10)15(20)19-13(16(21)22)6-9-4-11(17)7-12(18)5-9/h2-5,7,13H,6,8H2,1H3,(H,19,20)(H,21,22). The fourth-order valence-corrected chi connectivity index (χ4v) is 3.58. The SMILES string of the molecule is COCc1ccsc1C(=O)NC(Cc1cc(Cl)cc(Cl)c1)C(=O)O. The minimum atomic E-state index is -1.13. The number of aliphatic carboxylic acids is 1. The number of nitrogens with one attached hydrogen (secondary N) is 1. The summed E-state index contributed by atoms with van der Waals surface area (Å²) >= 11 is 13.1. The molecule has 0 aliphatic rings. The molecule has 8 heteroatoms. The highest BCUT2D eigenvalue weighted by Crippen LogP contribution is 2.21. The molecule has 1 atom stereocenters. The van der Waals surface area contributed by atoms with E-state index in [1.807, 2.05) is 0 Å². The Hall–Kier alpha value is -1.60. The molecule has 0 saturated carbocycles. The quantitative estimate of drug-likeness (QED) is 0.760. The number of carboxylic acids is 1. The van der Waals surface area contributed by atoms with Gasteiger partial charge in [-0.25, -0.2) is 4.79 Å². The Balaban J connectivity index is 2.14. The third-order valence-electron chi connectivity index (χ3n) is 3.22. The highest BCUT2D eigenvalue weighted by molar-refractivity contribution is 7.12. The Bertz CT molecular complexity index is 727. The van der Waals surface area contributed by atoms with Gasteiger partial charge in [0, 0.05) is 29.1 Å². The van der Waals surface area contributed by atoms with Crippen molar-refractivity contribution in [1.29, 1.82) is 0 Å². The van der Waals surface area contributed by atoms with Crippen molar-refractivity contribution in [1.82, 2.24) is 5.32 Å². The van der Waals surface area contributed by atoms with Gasteiger partial charge < -0.3 is 15.2 Å². The summed E-state index contributed by atoms with van der Waals surface area (Å²) in [5.74, 6) is -1.58. The predicted octanol–water partition coefficient (Wildman–Crippen LogP) is 3.63. The number of carboxylic acid groups (broad SMARTS) is 1. The molecule has 1 aromatic carbocycles. The van der Waals surface area contributed by atoms with Crippen molar-refractivity contribution in [3.63, 3.8) is 0 Å². The monoisotopic (exact) mass is 387 g/mol. The van der Waals surface area contributed by atoms with Crippen molar-refractivity contribution >= 4 is 46.4 Å². The van der Waals surface area contributed by atoms with E-state index in [0.29, 0.717) is 20.5 Å². The van der Waals surface area contributed by atoms with Gasteiger partial charge in [0.2, 0.25) is 0 Å². The molecule has 2 N–H and O–H groups in total. The van der Waals surface area contributed by atoms with Crippen LogP contribution in [0.5, 0.6) is 0 Å². The van der Waals surface area contributed by atoms with Crippen LogP contribution in [0.15, 0.2) is 29.6 Å². The number of carbonyl (C=O) groups is 2. The number of amides is 1. The molecule has 5 nitrogen and oxygen atoms in total. The zero-order valence-corrected chi connectivity index (χ0v) is 15.0. The van der Waals surface area contributed by atoms with Crippen LogP contribution in [-0.2, 0) is 22.6 Å². The van der Waals surface area contributed by atoms with Crippen molar-refractivity contribution in [3.8, 4) is 0 Å². The Labute approximate surface area is 153 Å². The molecule has 0 saturated heterocycles. The largest absolute Gasteiger partial charge is 0.480 e. The highest BCUT2D eigenvalue weighted by Gasteiger charge is 2.23. The average Bonchev–Trinajstić information content (AvgIpc) is 2.94. The van der Waals surface area contributed by atoms with E-state index >= 15 is 0 Å². The molecule has 0 aliphatic heterocycles. The maximum absolute atomic E-state index is 12.4. The van der Waals surface area contributed by atoms with E-state index < -0.39 is 17.9 Å². The fraction of sp³-hybridized carbons (Fsp3) is 0.250. The third-order valence-corrected chi connectivity index (χ3v) is 4.61. The number of methoxy groups -OCH3 is 1. The van der Waals surface area contributed by atoms with Gasteiger partial charge in [0.1, 0.15) is 6.04 Å². The summed E-state index contributed by atoms with van der Waals surface area (Å²) in [5, 5.41) is 14.5. The lowest BCUT2D eigenvalue weighted by Crippen LogP contribution is -2.42. The maximum atomic E-state index is 12.4. The smallest absolute Gasteiger partial charge is 0.326 e. The summed E-state index contributed by atoms with van der Waals surface area (Å²) in [6, 6.07) is 5.48. The van der Waals surface area contributed by atoms with Crippen LogP contribution in [0, 0.1) is 0 Å². The van der Waals surface area contributed by atoms with Crippen LogP contribution in [0.1, 0.15) is 20.8 Å². The molecule has 1 unspecified atom stereocenters. The fourth-order valence-electron chi connectivity index (χ4n) is 2.19. The van der Waals surface area contributed by atoms with Crippen LogP contribution in [0.2, 0.25) is 10.0 Å². The van der Waals surface area contributed by atoms with E-state index in [9.17, 15) is 14.7 Å². The topological polar surface area (TPSA) is 75.6 Å². The van der Waals surface area contributed by atoms with Crippen LogP contribution in [0.25, 0.3) is 0 Å². The Kier molecular flexibility index (Phi) is 6.62. The first-order valence-corrected chi connectivity index (χ1v) is 8.58. The van der Waals surface area contributed by atoms with E-state index in [1.165, 1.54) is 18.4 Å². The second kappa shape index (κ2) is 8.48. The molecule has 24 heavy (non-hydrogen) atoms. The van der Waals surface area contributed by atoms with Crippen LogP contribution >= 0.6 is 34.5 Å². The summed E-state index contributed by atoms with van der Waals surface area (Å²) in [6.45, 7) is 0.286. The second-order valence-corrected chi connectivity index (χ2v) is 6.84. The van der Waals surface area contributed by atoms with Gasteiger partial charge in [-0.1, -0.05) is 23.2 Å². The molecule has 0 aliphatic carbocycles. The van der Waals surface area contributed by atoms with Crippen LogP contribution in [0.4, 0.5) is 0 Å². The lowest BCUT2D eigenvalue weighted by molar-refractivity contribution is -0.139. The van der Waals surface area contributed by atoms with Crippen molar-refractivity contribution in [2.24, 2.45) is 0 Å². The summed E-state index contributed by atoms with van der Waals surface area (Å²) in [4.78, 5) is 24.3. The number of ether oxygens (including phenoxy) is 1. The van der Waals surface area contributed by atoms with Crippen molar-refractivity contribution in [2.45, 2.75) is 19.1 Å². The first-order valence-electron chi connectivity index (χ1n) is 6.94. The van der Waals surface area contributed by atoms with Crippen LogP contribution in [0.3, 0.4) is 0 Å². The van der Waals surface area contributed by atoms with E-state index in [2.05, 4.69) is 5.32 Å². The van der Waals surface area contributed by atoms with Gasteiger partial charge in [-0.15, -0.1) is 11.3 Å². The Morgan fingerprint density at radius 1 is 1.29 bits per heavy atom. The number of halogens is 2. The molecule has 1 heterocycles. The molecule has 2 aromatic rings. The summed E-state index contributed by atoms with van der Waals surface area (Å²) in [7, 11) is 1.53. The molecule has 0 bridgehead atoms. The van der Waals surface area contributed by atoms with Gasteiger partial charge in [-0.05, 0) is 35.2 Å². The molecule has 2 rings (SSSR count). The molecule has 128 valence electrons. The van der Waals surface area contributed by atoms with Crippen molar-refractivity contribution in [2.75, 3.05) is 7.11 Å². The predicted molar refractivity (Wildman–Crippen MR) is 94.1 cm³/mol. The van der Waals surface area contributed by atoms with Gasteiger partial charge in [0.25, 0.3) is 5.91 Å². The molecule has 0 radical (unpaired) electrons. The molecule has 0 spiro atoms. The lowest BCUT2D eigenvalue weighted by Gasteiger charge is -2.15. The molecule has 1 aromatic heterocycles. The van der Waals surface area contributed by atoms with Gasteiger partial charge in [0.05, 0.1) is 11.5 Å². The second-order valence-electron chi connectivity index (χ2n) is 5.05. The number of thiophene rings is 1. The molecule has 1 amide bonds. The Morgan fingerprint density at radius 2 is 1.96 bits per heavy atom. The van der Waals surface area contributed by atoms with Crippen LogP contribution in [-0.4, -0.2) is 30.1 Å². The average molecular weight is 388 g/mol. The summed E-state index contributed by atoms with van der Waals surface area (Å²) in [5.41, 5.74) is 1.35. The van der Waals surface area contributed by atoms with Crippen LogP contribution < -0.4 is 5.32 Å². The normalized spacial score (nSPS) is 12.0. The Morgan fingerprint density at radius 3 is 2.54 bits per heavy atom. The number of hydrogen-bond acceptors (Lipinski definition) is 4. The zero-order valence-electron chi connectivity index (χ0n) is 12.7. The van der Waals surface area contributed by atoms with Gasteiger partial charge in [0.15, 0.2) is 0 Å². The minimum absolute atomic E-state index is 0.0757. The number of carbonyl (C=O) groups excluding carboxylic acids is 1. The van der Waals surface area contributed by atoms with E-state index in [0.717, 1.165) is 5.56 Å². The number of benzene rings is 1. The molecular weight excluding hydrogens is 373 g/mol. The first-order chi connectivity index (χ1) is 11.4. The van der Waals surface area contributed by atoms with E-state index in [-0.39, 0.29) is 13.0 Å².